The van der Waals surface area contributed by atoms with Gasteiger partial charge >= 0.3 is 6.01 Å². The number of hydrogen-bond acceptors (Lipinski definition) is 6. The Hall–Kier alpha value is -2.84. The fourth-order valence-corrected chi connectivity index (χ4v) is 4.86. The van der Waals surface area contributed by atoms with Crippen molar-refractivity contribution in [2.75, 3.05) is 27.2 Å². The van der Waals surface area contributed by atoms with Crippen molar-refractivity contribution in [2.24, 2.45) is 11.8 Å². The van der Waals surface area contributed by atoms with Crippen molar-refractivity contribution in [3.8, 4) is 6.01 Å². The minimum Gasteiger partial charge on any atom is -0.467 e. The van der Waals surface area contributed by atoms with Crippen LogP contribution in [0.5, 0.6) is 6.01 Å². The Morgan fingerprint density at radius 1 is 1.26 bits per heavy atom. The number of nitrogens with one attached hydrogen (secondary N) is 3. The molecule has 0 aliphatic heterocycles. The summed E-state index contributed by atoms with van der Waals surface area (Å²) < 4.78 is 33.9. The zero-order valence-corrected chi connectivity index (χ0v) is 24.0. The van der Waals surface area contributed by atoms with Gasteiger partial charge in [0.1, 0.15) is 5.52 Å². The van der Waals surface area contributed by atoms with Gasteiger partial charge in [0, 0.05) is 35.5 Å². The molecule has 0 saturated heterocycles. The molecule has 0 aliphatic rings. The van der Waals surface area contributed by atoms with Crippen LogP contribution in [0.4, 0.5) is 8.78 Å². The molecule has 1 aromatic heterocycles. The molecule has 208 valence electrons. The molecule has 2 atom stereocenters. The summed E-state index contributed by atoms with van der Waals surface area (Å²) in [6, 6.07) is 0.0698. The molecule has 1 aromatic carbocycles. The first-order valence-corrected chi connectivity index (χ1v) is 13.5. The number of allylic oxidation sites excluding steroid dienone is 3. The minimum absolute atomic E-state index is 0.0698. The van der Waals surface area contributed by atoms with Gasteiger partial charge in [-0.05, 0) is 74.9 Å². The lowest BCUT2D eigenvalue weighted by atomic mass is 9.85. The van der Waals surface area contributed by atoms with Crippen LogP contribution in [0.15, 0.2) is 29.8 Å². The maximum absolute atomic E-state index is 16.0. The minimum atomic E-state index is -0.612. The number of aromatic nitrogens is 2. The van der Waals surface area contributed by atoms with E-state index in [0.29, 0.717) is 46.9 Å². The second-order valence-electron chi connectivity index (χ2n) is 9.32. The molecule has 38 heavy (non-hydrogen) atoms. The molecule has 0 fully saturated rings. The molecular weight excluding hydrogens is 508 g/mol. The van der Waals surface area contributed by atoms with Gasteiger partial charge in [-0.3, -0.25) is 0 Å². The summed E-state index contributed by atoms with van der Waals surface area (Å²) in [7, 11) is 3.08. The maximum atomic E-state index is 16.0. The normalized spacial score (nSPS) is 14.2. The van der Waals surface area contributed by atoms with Gasteiger partial charge in [0.05, 0.1) is 24.2 Å². The summed E-state index contributed by atoms with van der Waals surface area (Å²) in [5.74, 6) is 0.300. The molecule has 0 amide bonds. The molecule has 2 aromatic rings. The van der Waals surface area contributed by atoms with Gasteiger partial charge in [0.25, 0.3) is 0 Å². The van der Waals surface area contributed by atoms with Crippen LogP contribution in [0.1, 0.15) is 56.9 Å². The van der Waals surface area contributed by atoms with E-state index in [1.54, 1.807) is 14.0 Å². The largest absolute Gasteiger partial charge is 0.467 e. The smallest absolute Gasteiger partial charge is 0.316 e. The van der Waals surface area contributed by atoms with Crippen molar-refractivity contribution < 1.29 is 13.5 Å². The van der Waals surface area contributed by atoms with Crippen LogP contribution in [-0.4, -0.2) is 43.4 Å². The van der Waals surface area contributed by atoms with Gasteiger partial charge in [-0.15, -0.1) is 0 Å². The standard InChI is InChI=1S/C29H40ClF2N5O/c1-7-14-35-17-21(18(3)8-2)11-12-22-25-19(4)36-29(38-6)37-28(25)27(32)23(26(22)30)15-24(34-5)20(16-33)10-9-13-31/h9-10,13,15-16,18,21,33-35H,7-8,11-12,14,17H2,1-6H3/b13-9+,20-10-,24-15-,33-16?/t18?,21-/m1/s1. The predicted octanol–water partition coefficient (Wildman–Crippen LogP) is 6.95. The lowest BCUT2D eigenvalue weighted by Gasteiger charge is -2.24. The number of rotatable bonds is 15. The Balaban J connectivity index is 2.75. The highest BCUT2D eigenvalue weighted by Gasteiger charge is 2.24. The number of methoxy groups -OCH3 is 1. The highest BCUT2D eigenvalue weighted by Crippen LogP contribution is 2.37. The summed E-state index contributed by atoms with van der Waals surface area (Å²) in [4.78, 5) is 8.76. The average Bonchev–Trinajstić information content (AvgIpc) is 2.92. The monoisotopic (exact) mass is 547 g/mol. The van der Waals surface area contributed by atoms with E-state index in [2.05, 4.69) is 41.4 Å². The second-order valence-corrected chi connectivity index (χ2v) is 9.70. The molecule has 2 rings (SSSR count). The van der Waals surface area contributed by atoms with E-state index in [-0.39, 0.29) is 22.1 Å². The predicted molar refractivity (Wildman–Crippen MR) is 154 cm³/mol. The zero-order valence-electron chi connectivity index (χ0n) is 23.2. The van der Waals surface area contributed by atoms with Crippen molar-refractivity contribution in [2.45, 2.75) is 53.4 Å². The summed E-state index contributed by atoms with van der Waals surface area (Å²) in [5.41, 5.74) is 2.39. The van der Waals surface area contributed by atoms with Gasteiger partial charge in [-0.2, -0.15) is 9.97 Å². The Morgan fingerprint density at radius 3 is 2.58 bits per heavy atom. The molecule has 1 unspecified atom stereocenters. The third-order valence-electron chi connectivity index (χ3n) is 6.92. The van der Waals surface area contributed by atoms with Crippen LogP contribution in [0.2, 0.25) is 5.02 Å². The highest BCUT2D eigenvalue weighted by atomic mass is 35.5. The van der Waals surface area contributed by atoms with Crippen molar-refractivity contribution >= 4 is 34.8 Å². The van der Waals surface area contributed by atoms with Crippen LogP contribution in [-0.2, 0) is 6.42 Å². The molecule has 0 bridgehead atoms. The molecule has 0 saturated carbocycles. The summed E-state index contributed by atoms with van der Waals surface area (Å²) in [6.45, 7) is 10.3. The third-order valence-corrected chi connectivity index (χ3v) is 7.35. The fourth-order valence-electron chi connectivity index (χ4n) is 4.53. The Morgan fingerprint density at radius 2 is 2.00 bits per heavy atom. The number of likely N-dealkylation sites (N-methyl/N-ethyl adjacent to an activating group) is 1. The Bertz CT molecular complexity index is 1200. The van der Waals surface area contributed by atoms with E-state index in [1.165, 1.54) is 25.3 Å². The number of aryl methyl sites for hydroxylation is 2. The van der Waals surface area contributed by atoms with Gasteiger partial charge in [-0.1, -0.05) is 38.8 Å². The van der Waals surface area contributed by atoms with Crippen LogP contribution >= 0.6 is 11.6 Å². The van der Waals surface area contributed by atoms with E-state index in [9.17, 15) is 4.39 Å². The molecule has 3 N–H and O–H groups in total. The lowest BCUT2D eigenvalue weighted by molar-refractivity contribution is 0.313. The van der Waals surface area contributed by atoms with E-state index in [4.69, 9.17) is 21.7 Å². The first-order valence-electron chi connectivity index (χ1n) is 13.1. The first kappa shape index (κ1) is 31.4. The number of benzene rings is 1. The van der Waals surface area contributed by atoms with E-state index < -0.39 is 5.82 Å². The maximum Gasteiger partial charge on any atom is 0.316 e. The average molecular weight is 548 g/mol. The van der Waals surface area contributed by atoms with E-state index in [1.807, 2.05) is 0 Å². The van der Waals surface area contributed by atoms with Crippen molar-refractivity contribution in [3.63, 3.8) is 0 Å². The quantitative estimate of drug-likeness (QED) is 0.128. The Kier molecular flexibility index (Phi) is 12.8. The van der Waals surface area contributed by atoms with Crippen LogP contribution in [0.3, 0.4) is 0 Å². The van der Waals surface area contributed by atoms with Crippen molar-refractivity contribution in [3.05, 3.63) is 57.4 Å². The van der Waals surface area contributed by atoms with Gasteiger partial charge in [0.2, 0.25) is 0 Å². The molecule has 1 heterocycles. The van der Waals surface area contributed by atoms with Gasteiger partial charge in [0.15, 0.2) is 5.82 Å². The Labute approximate surface area is 230 Å². The molecule has 9 heteroatoms. The summed E-state index contributed by atoms with van der Waals surface area (Å²) >= 11 is 6.95. The number of halogens is 3. The molecular formula is C29H40ClF2N5O. The van der Waals surface area contributed by atoms with Crippen molar-refractivity contribution in [1.82, 2.24) is 20.6 Å². The topological polar surface area (TPSA) is 82.9 Å². The number of fused-ring (bicyclic) bond motifs is 1. The summed E-state index contributed by atoms with van der Waals surface area (Å²) in [6.07, 6.45) is 9.13. The number of ether oxygens (including phenoxy) is 1. The van der Waals surface area contributed by atoms with Crippen LogP contribution in [0, 0.1) is 30.0 Å². The van der Waals surface area contributed by atoms with Gasteiger partial charge < -0.3 is 20.8 Å². The number of hydrogen-bond donors (Lipinski definition) is 3. The first-order chi connectivity index (χ1) is 18.3. The number of nitrogens with zero attached hydrogens (tertiary/aromatic N) is 2. The van der Waals surface area contributed by atoms with E-state index >= 15 is 4.39 Å². The van der Waals surface area contributed by atoms with Crippen LogP contribution in [0.25, 0.3) is 17.0 Å². The van der Waals surface area contributed by atoms with Gasteiger partial charge in [-0.25, -0.2) is 8.78 Å². The molecule has 0 spiro atoms. The fraction of sp³-hybridized carbons (Fsp3) is 0.483. The lowest BCUT2D eigenvalue weighted by Crippen LogP contribution is -2.28. The SMILES string of the molecule is CCCNC[C@@H](CCc1c(Cl)c(/C=C(NC)/C(C=N)=C\C=C\F)c(F)c2nc(OC)nc(C)c12)C(C)CC. The second kappa shape index (κ2) is 15.5. The summed E-state index contributed by atoms with van der Waals surface area (Å²) in [5, 5.41) is 15.1. The zero-order chi connectivity index (χ0) is 28.2. The molecule has 0 radical (unpaired) electrons. The van der Waals surface area contributed by atoms with E-state index in [0.717, 1.165) is 44.1 Å². The van der Waals surface area contributed by atoms with Crippen molar-refractivity contribution in [1.29, 1.82) is 5.41 Å². The highest BCUT2D eigenvalue weighted by molar-refractivity contribution is 6.34. The molecule has 0 aliphatic carbocycles. The molecule has 6 nitrogen and oxygen atoms in total. The third kappa shape index (κ3) is 7.60. The van der Waals surface area contributed by atoms with Crippen LogP contribution < -0.4 is 15.4 Å².